The van der Waals surface area contributed by atoms with Crippen LogP contribution in [0.2, 0.25) is 0 Å². The molecule has 0 saturated heterocycles. The molecule has 8 nitrogen and oxygen atoms in total. The minimum Gasteiger partial charge on any atom is -0.487 e. The second-order valence-electron chi connectivity index (χ2n) is 10.3. The fourth-order valence-electron chi connectivity index (χ4n) is 4.28. The fourth-order valence-corrected chi connectivity index (χ4v) is 5.92. The van der Waals surface area contributed by atoms with Crippen LogP contribution >= 0.6 is 7.60 Å². The average molecular weight is 643 g/mol. The highest BCUT2D eigenvalue weighted by Crippen LogP contribution is 2.49. The molecule has 0 aliphatic rings. The third-order valence-electron chi connectivity index (χ3n) is 6.41. The van der Waals surface area contributed by atoms with E-state index in [1.807, 2.05) is 6.08 Å². The number of benzene rings is 1. The Labute approximate surface area is 259 Å². The molecule has 0 atom stereocenters. The van der Waals surface area contributed by atoms with E-state index < -0.39 is 20.4 Å². The Bertz CT molecular complexity index is 1180. The number of pyridine rings is 1. The van der Waals surface area contributed by atoms with Crippen LogP contribution in [0.4, 0.5) is 13.2 Å². The Hall–Kier alpha value is -2.88. The number of allylic oxidation sites excluding steroid dienone is 1. The molecule has 246 valence electrons. The molecule has 0 aliphatic heterocycles. The van der Waals surface area contributed by atoms with Crippen molar-refractivity contribution in [2.24, 2.45) is 0 Å². The summed E-state index contributed by atoms with van der Waals surface area (Å²) < 4.78 is 71.7. The van der Waals surface area contributed by atoms with Crippen LogP contribution in [0.25, 0.3) is 6.08 Å². The van der Waals surface area contributed by atoms with Gasteiger partial charge in [0.05, 0.1) is 25.1 Å². The summed E-state index contributed by atoms with van der Waals surface area (Å²) in [5, 5.41) is 2.99. The summed E-state index contributed by atoms with van der Waals surface area (Å²) in [5.41, 5.74) is 1.80. The Morgan fingerprint density at radius 2 is 1.55 bits per heavy atom. The zero-order valence-corrected chi connectivity index (χ0v) is 26.9. The van der Waals surface area contributed by atoms with Crippen molar-refractivity contribution in [3.8, 4) is 11.5 Å². The monoisotopic (exact) mass is 642 g/mol. The Kier molecular flexibility index (Phi) is 17.1. The maximum Gasteiger partial charge on any atom is 0.422 e. The number of rotatable bonds is 22. The van der Waals surface area contributed by atoms with E-state index in [0.29, 0.717) is 23.6 Å². The normalized spacial score (nSPS) is 12.3. The summed E-state index contributed by atoms with van der Waals surface area (Å²) in [5.74, 6) is 0.477. The SMILES string of the molecule is CCCCCCCCCC(=O)N/C(=C/c1ccc(OCc2cc(OCC(F)(F)F)ccn2)cc1)CCP(=O)(OCC)OCC. The quantitative estimate of drug-likeness (QED) is 0.101. The number of halogens is 3. The summed E-state index contributed by atoms with van der Waals surface area (Å²) in [6.07, 6.45) is 7.33. The number of ether oxygens (including phenoxy) is 2. The van der Waals surface area contributed by atoms with Crippen molar-refractivity contribution in [3.05, 3.63) is 59.5 Å². The topological polar surface area (TPSA) is 96.0 Å². The Morgan fingerprint density at radius 3 is 2.18 bits per heavy atom. The first-order chi connectivity index (χ1) is 21.1. The number of nitrogens with zero attached hydrogens (tertiary/aromatic N) is 1. The summed E-state index contributed by atoms with van der Waals surface area (Å²) in [7, 11) is -3.31. The van der Waals surface area contributed by atoms with Gasteiger partial charge in [0.25, 0.3) is 0 Å². The number of carbonyl (C=O) groups excluding carboxylic acids is 1. The number of aromatic nitrogens is 1. The van der Waals surface area contributed by atoms with E-state index in [-0.39, 0.29) is 44.1 Å². The number of hydrogen-bond acceptors (Lipinski definition) is 7. The molecular weight excluding hydrogens is 596 g/mol. The molecule has 0 spiro atoms. The molecule has 12 heteroatoms. The van der Waals surface area contributed by atoms with E-state index in [1.165, 1.54) is 44.0 Å². The third kappa shape index (κ3) is 16.3. The summed E-state index contributed by atoms with van der Waals surface area (Å²) in [4.78, 5) is 16.9. The van der Waals surface area contributed by atoms with Gasteiger partial charge in [-0.15, -0.1) is 0 Å². The lowest BCUT2D eigenvalue weighted by atomic mass is 10.1. The molecule has 0 saturated carbocycles. The largest absolute Gasteiger partial charge is 0.487 e. The molecule has 1 aromatic carbocycles. The number of nitrogens with one attached hydrogen (secondary N) is 1. The first-order valence-corrected chi connectivity index (χ1v) is 17.0. The lowest BCUT2D eigenvalue weighted by molar-refractivity contribution is -0.153. The first-order valence-electron chi connectivity index (χ1n) is 15.3. The molecule has 0 aliphatic carbocycles. The highest BCUT2D eigenvalue weighted by atomic mass is 31.2. The summed E-state index contributed by atoms with van der Waals surface area (Å²) in [6, 6.07) is 9.83. The molecule has 0 bridgehead atoms. The highest BCUT2D eigenvalue weighted by Gasteiger charge is 2.28. The highest BCUT2D eigenvalue weighted by molar-refractivity contribution is 7.53. The molecule has 1 heterocycles. The van der Waals surface area contributed by atoms with Gasteiger partial charge < -0.3 is 23.8 Å². The van der Waals surface area contributed by atoms with Crippen LogP contribution < -0.4 is 14.8 Å². The second-order valence-corrected chi connectivity index (χ2v) is 12.4. The van der Waals surface area contributed by atoms with Gasteiger partial charge in [-0.25, -0.2) is 0 Å². The third-order valence-corrected chi connectivity index (χ3v) is 8.49. The predicted molar refractivity (Wildman–Crippen MR) is 166 cm³/mol. The zero-order valence-electron chi connectivity index (χ0n) is 26.0. The Morgan fingerprint density at radius 1 is 0.886 bits per heavy atom. The lowest BCUT2D eigenvalue weighted by Gasteiger charge is -2.18. The molecule has 0 fully saturated rings. The smallest absolute Gasteiger partial charge is 0.422 e. The number of alkyl halides is 3. The van der Waals surface area contributed by atoms with Crippen molar-refractivity contribution in [1.29, 1.82) is 0 Å². The van der Waals surface area contributed by atoms with E-state index in [0.717, 1.165) is 24.8 Å². The van der Waals surface area contributed by atoms with Gasteiger partial charge >= 0.3 is 13.8 Å². The molecule has 1 amide bonds. The maximum atomic E-state index is 13.0. The van der Waals surface area contributed by atoms with Crippen LogP contribution in [0.3, 0.4) is 0 Å². The van der Waals surface area contributed by atoms with Gasteiger partial charge in [-0.1, -0.05) is 57.6 Å². The Balaban J connectivity index is 2.03. The van der Waals surface area contributed by atoms with Gasteiger partial charge in [-0.3, -0.25) is 14.3 Å². The average Bonchev–Trinajstić information content (AvgIpc) is 2.98. The van der Waals surface area contributed by atoms with Crippen molar-refractivity contribution in [1.82, 2.24) is 10.3 Å². The van der Waals surface area contributed by atoms with Gasteiger partial charge in [-0.2, -0.15) is 13.2 Å². The van der Waals surface area contributed by atoms with Gasteiger partial charge in [0.2, 0.25) is 5.91 Å². The minimum absolute atomic E-state index is 0.0302. The fraction of sp³-hybridized carbons (Fsp3) is 0.562. The summed E-state index contributed by atoms with van der Waals surface area (Å²) in [6.45, 7) is 4.84. The standard InChI is InChI=1S/C32H46F3N2O6P/c1-4-7-8-9-10-11-12-13-31(38)37-27(19-21-44(39,42-5-2)43-6-3)22-26-14-16-29(17-15-26)40-24-28-23-30(18-20-36-28)41-25-32(33,34)35/h14-18,20,22-23H,4-13,19,21,24-25H2,1-3H3,(H,37,38)/b27-22+. The van der Waals surface area contributed by atoms with Crippen LogP contribution in [0.5, 0.6) is 11.5 Å². The van der Waals surface area contributed by atoms with Crippen molar-refractivity contribution < 1.29 is 41.1 Å². The van der Waals surface area contributed by atoms with Crippen LogP contribution in [0, 0.1) is 0 Å². The summed E-state index contributed by atoms with van der Waals surface area (Å²) >= 11 is 0. The molecule has 1 N–H and O–H groups in total. The van der Waals surface area contributed by atoms with Gasteiger partial charge in [0, 0.05) is 24.4 Å². The predicted octanol–water partition coefficient (Wildman–Crippen LogP) is 8.86. The van der Waals surface area contributed by atoms with Crippen molar-refractivity contribution in [2.45, 2.75) is 91.3 Å². The molecule has 2 aromatic rings. The second kappa shape index (κ2) is 20.2. The van der Waals surface area contributed by atoms with Gasteiger partial charge in [0.1, 0.15) is 18.1 Å². The van der Waals surface area contributed by atoms with Crippen molar-refractivity contribution in [2.75, 3.05) is 26.0 Å². The van der Waals surface area contributed by atoms with Crippen LogP contribution in [-0.4, -0.2) is 43.1 Å². The molecular formula is C32H46F3N2O6P. The first kappa shape index (κ1) is 37.3. The van der Waals surface area contributed by atoms with E-state index in [9.17, 15) is 22.5 Å². The van der Waals surface area contributed by atoms with Gasteiger partial charge in [0.15, 0.2) is 6.61 Å². The molecule has 0 unspecified atom stereocenters. The zero-order chi connectivity index (χ0) is 32.3. The molecule has 0 radical (unpaired) electrons. The van der Waals surface area contributed by atoms with E-state index in [1.54, 1.807) is 38.1 Å². The van der Waals surface area contributed by atoms with E-state index in [2.05, 4.69) is 17.2 Å². The van der Waals surface area contributed by atoms with Crippen molar-refractivity contribution in [3.63, 3.8) is 0 Å². The van der Waals surface area contributed by atoms with Crippen LogP contribution in [0.15, 0.2) is 48.3 Å². The maximum absolute atomic E-state index is 13.0. The number of carbonyl (C=O) groups is 1. The van der Waals surface area contributed by atoms with Crippen molar-refractivity contribution >= 4 is 19.6 Å². The minimum atomic E-state index is -4.43. The molecule has 1 aromatic heterocycles. The number of hydrogen-bond donors (Lipinski definition) is 1. The number of unbranched alkanes of at least 4 members (excludes halogenated alkanes) is 6. The van der Waals surface area contributed by atoms with Crippen LogP contribution in [-0.2, 0) is 25.0 Å². The molecule has 44 heavy (non-hydrogen) atoms. The van der Waals surface area contributed by atoms with E-state index >= 15 is 0 Å². The molecule has 2 rings (SSSR count). The number of amides is 1. The lowest BCUT2D eigenvalue weighted by Crippen LogP contribution is -2.23. The van der Waals surface area contributed by atoms with Gasteiger partial charge in [-0.05, 0) is 56.5 Å². The van der Waals surface area contributed by atoms with E-state index in [4.69, 9.17) is 18.5 Å². The van der Waals surface area contributed by atoms with Crippen LogP contribution in [0.1, 0.15) is 89.8 Å².